The molecule has 2 aromatic carbocycles. The summed E-state index contributed by atoms with van der Waals surface area (Å²) in [6.45, 7) is 12.9. The zero-order chi connectivity index (χ0) is 12.3. The van der Waals surface area contributed by atoms with Crippen LogP contribution >= 0.6 is 0 Å². The normalized spacial score (nSPS) is 9.29. The van der Waals surface area contributed by atoms with Crippen molar-refractivity contribution in [2.45, 2.75) is 41.5 Å². The summed E-state index contributed by atoms with van der Waals surface area (Å²) < 4.78 is 0. The molecule has 0 aliphatic rings. The summed E-state index contributed by atoms with van der Waals surface area (Å²) in [7, 11) is 0. The zero-order valence-electron chi connectivity index (χ0n) is 11.8. The van der Waals surface area contributed by atoms with Gasteiger partial charge in [-0.1, -0.05) is 41.5 Å². The van der Waals surface area contributed by atoms with Crippen molar-refractivity contribution < 1.29 is 26.2 Å². The van der Waals surface area contributed by atoms with Gasteiger partial charge >= 0.3 is 26.2 Å². The second-order valence-electron chi connectivity index (χ2n) is 4.73. The van der Waals surface area contributed by atoms with Crippen LogP contribution in [0, 0.1) is 41.5 Å². The van der Waals surface area contributed by atoms with Gasteiger partial charge in [0.05, 0.1) is 0 Å². The fraction of sp³-hybridized carbons (Fsp3) is 0.375. The predicted octanol–water partition coefficient (Wildman–Crippen LogP) is 4.66. The van der Waals surface area contributed by atoms with Crippen LogP contribution in [-0.2, 0) is 26.2 Å². The average molecular weight is 306 g/mol. The van der Waals surface area contributed by atoms with Gasteiger partial charge in [0.25, 0.3) is 0 Å². The van der Waals surface area contributed by atoms with E-state index in [-0.39, 0.29) is 26.2 Å². The van der Waals surface area contributed by atoms with Crippen LogP contribution in [-0.4, -0.2) is 0 Å². The molecule has 0 aliphatic carbocycles. The van der Waals surface area contributed by atoms with Crippen LogP contribution in [0.2, 0.25) is 0 Å². The molecule has 0 saturated carbocycles. The Bertz CT molecular complexity index is 419. The summed E-state index contributed by atoms with van der Waals surface area (Å²) >= 11 is 0. The minimum atomic E-state index is 0. The van der Waals surface area contributed by atoms with Gasteiger partial charge in [-0.2, -0.15) is 46.0 Å². The Labute approximate surface area is 125 Å². The van der Waals surface area contributed by atoms with Gasteiger partial charge in [0, 0.05) is 0 Å². The van der Waals surface area contributed by atoms with Crippen molar-refractivity contribution in [2.75, 3.05) is 0 Å². The van der Waals surface area contributed by atoms with Crippen molar-refractivity contribution in [3.63, 3.8) is 0 Å². The third-order valence-corrected chi connectivity index (χ3v) is 3.24. The van der Waals surface area contributed by atoms with Crippen molar-refractivity contribution in [1.29, 1.82) is 0 Å². The molecule has 1 heteroatoms. The van der Waals surface area contributed by atoms with Crippen LogP contribution in [0.5, 0.6) is 0 Å². The average Bonchev–Trinajstić information content (AvgIpc) is 2.68. The Hall–Kier alpha value is -0.417. The van der Waals surface area contributed by atoms with Gasteiger partial charge in [-0.3, -0.25) is 0 Å². The van der Waals surface area contributed by atoms with Crippen LogP contribution < -0.4 is 0 Å². The smallest absolute Gasteiger partial charge is 0.211 e. The van der Waals surface area contributed by atoms with Crippen LogP contribution in [0.4, 0.5) is 0 Å². The maximum absolute atomic E-state index is 2.24. The molecule has 0 amide bonds. The first-order chi connectivity index (χ1) is 7.41. The molecule has 0 spiro atoms. The molecule has 0 aliphatic heterocycles. The Kier molecular flexibility index (Phi) is 6.94. The maximum Gasteiger partial charge on any atom is 2.00 e. The van der Waals surface area contributed by atoms with E-state index in [1.165, 1.54) is 33.4 Å². The quantitative estimate of drug-likeness (QED) is 0.621. The number of rotatable bonds is 0. The van der Waals surface area contributed by atoms with E-state index < -0.39 is 0 Å². The van der Waals surface area contributed by atoms with E-state index in [2.05, 4.69) is 65.8 Å². The van der Waals surface area contributed by atoms with Crippen LogP contribution in [0.1, 0.15) is 33.4 Å². The van der Waals surface area contributed by atoms with Gasteiger partial charge in [-0.15, -0.1) is 0 Å². The maximum atomic E-state index is 2.24. The van der Waals surface area contributed by atoms with Gasteiger partial charge in [-0.05, 0) is 0 Å². The Morgan fingerprint density at radius 1 is 0.941 bits per heavy atom. The summed E-state index contributed by atoms with van der Waals surface area (Å²) in [5.41, 5.74) is 8.46. The van der Waals surface area contributed by atoms with E-state index in [0.29, 0.717) is 0 Å². The first-order valence-corrected chi connectivity index (χ1v) is 5.82. The topological polar surface area (TPSA) is 0 Å². The first-order valence-electron chi connectivity index (χ1n) is 5.82. The summed E-state index contributed by atoms with van der Waals surface area (Å²) in [5.74, 6) is 0. The van der Waals surface area contributed by atoms with Crippen molar-refractivity contribution in [2.24, 2.45) is 0 Å². The molecule has 17 heavy (non-hydrogen) atoms. The van der Waals surface area contributed by atoms with Crippen LogP contribution in [0.25, 0.3) is 0 Å². The number of hydrogen-bond acceptors (Lipinski definition) is 0. The third-order valence-electron chi connectivity index (χ3n) is 3.24. The molecule has 0 radical (unpaired) electrons. The van der Waals surface area contributed by atoms with Gasteiger partial charge in [0.1, 0.15) is 0 Å². The van der Waals surface area contributed by atoms with E-state index in [1.807, 2.05) is 0 Å². The fourth-order valence-electron chi connectivity index (χ4n) is 1.85. The molecule has 90 valence electrons. The fourth-order valence-corrected chi connectivity index (χ4v) is 1.85. The molecule has 0 aromatic heterocycles. The summed E-state index contributed by atoms with van der Waals surface area (Å²) in [6, 6.07) is 8.65. The van der Waals surface area contributed by atoms with Crippen LogP contribution in [0.3, 0.4) is 0 Å². The third kappa shape index (κ3) is 4.76. The van der Waals surface area contributed by atoms with Crippen molar-refractivity contribution in [3.8, 4) is 0 Å². The first kappa shape index (κ1) is 16.6. The molecule has 0 N–H and O–H groups in total. The van der Waals surface area contributed by atoms with Crippen molar-refractivity contribution in [3.05, 3.63) is 57.6 Å². The van der Waals surface area contributed by atoms with Gasteiger partial charge in [-0.25, -0.2) is 11.6 Å². The van der Waals surface area contributed by atoms with Gasteiger partial charge in [0.2, 0.25) is 0 Å². The summed E-state index contributed by atoms with van der Waals surface area (Å²) in [6.07, 6.45) is 0. The largest absolute Gasteiger partial charge is 2.00 e. The Morgan fingerprint density at radius 3 is 1.65 bits per heavy atom. The molecule has 0 unspecified atom stereocenters. The second-order valence-corrected chi connectivity index (χ2v) is 4.73. The zero-order valence-corrected chi connectivity index (χ0v) is 14.3. The molecule has 0 saturated heterocycles. The van der Waals surface area contributed by atoms with Gasteiger partial charge < -0.3 is 0 Å². The molecule has 0 nitrogen and oxygen atoms in total. The van der Waals surface area contributed by atoms with Crippen molar-refractivity contribution in [1.82, 2.24) is 0 Å². The molecule has 2 rings (SSSR count). The standard InChI is InChI=1S/C9H13.C7H9.Zr/c1-6-5-7(2)9(4)8(6)3;1-6-3-4-7(2)5-6;/h5H,1-4H3;3-5H,1-2H3;/q2*-1;+2. The molecule has 0 heterocycles. The summed E-state index contributed by atoms with van der Waals surface area (Å²) in [4.78, 5) is 0. The molecule has 0 atom stereocenters. The van der Waals surface area contributed by atoms with Gasteiger partial charge in [0.15, 0.2) is 0 Å². The summed E-state index contributed by atoms with van der Waals surface area (Å²) in [5, 5.41) is 0. The molecule has 0 fully saturated rings. The minimum absolute atomic E-state index is 0. The SMILES string of the molecule is Cc1c[c-](C)c(C)c1C.Cc1cc[c-](C)c1.[Zr+2]. The van der Waals surface area contributed by atoms with Crippen LogP contribution in [0.15, 0.2) is 24.3 Å². The molecular formula is C16H22Zr. The monoisotopic (exact) mass is 304 g/mol. The van der Waals surface area contributed by atoms with E-state index in [9.17, 15) is 0 Å². The van der Waals surface area contributed by atoms with E-state index >= 15 is 0 Å². The second kappa shape index (κ2) is 7.11. The van der Waals surface area contributed by atoms with Crippen molar-refractivity contribution >= 4 is 0 Å². The number of aryl methyl sites for hydroxylation is 4. The molecular weight excluding hydrogens is 283 g/mol. The van der Waals surface area contributed by atoms with E-state index in [1.54, 1.807) is 0 Å². The minimum Gasteiger partial charge on any atom is -0.211 e. The predicted molar refractivity (Wildman–Crippen MR) is 72.5 cm³/mol. The van der Waals surface area contributed by atoms with E-state index in [0.717, 1.165) is 0 Å². The Balaban J connectivity index is 0.000000292. The molecule has 0 bridgehead atoms. The number of hydrogen-bond donors (Lipinski definition) is 0. The van der Waals surface area contributed by atoms with E-state index in [4.69, 9.17) is 0 Å². The molecule has 2 aromatic rings. The Morgan fingerprint density at radius 2 is 1.53 bits per heavy atom.